The molecule has 0 saturated carbocycles. The van der Waals surface area contributed by atoms with Gasteiger partial charge in [0.15, 0.2) is 0 Å². The van der Waals surface area contributed by atoms with Crippen LogP contribution in [0.25, 0.3) is 0 Å². The predicted octanol–water partition coefficient (Wildman–Crippen LogP) is -1.24. The van der Waals surface area contributed by atoms with Crippen LogP contribution >= 0.6 is 0 Å². The summed E-state index contributed by atoms with van der Waals surface area (Å²) in [5, 5.41) is 0. The van der Waals surface area contributed by atoms with Crippen molar-refractivity contribution in [2.24, 2.45) is 0 Å². The van der Waals surface area contributed by atoms with E-state index >= 15 is 0 Å². The first-order valence-electron chi connectivity index (χ1n) is 0.544. The third-order valence-corrected chi connectivity index (χ3v) is 0. The fraction of sp³-hybridized carbons (Fsp3) is 0. The van der Waals surface area contributed by atoms with Gasteiger partial charge < -0.3 is 0 Å². The SMILES string of the molecule is [O]=[Ir](=[O])(=[O])=[O].[Sn].[Sn]. The molecule has 0 aliphatic rings. The minimum atomic E-state index is -6.00. The molecule has 7 heteroatoms. The molecule has 7 heavy (non-hydrogen) atoms. The van der Waals surface area contributed by atoms with E-state index in [2.05, 4.69) is 0 Å². The van der Waals surface area contributed by atoms with Crippen molar-refractivity contribution >= 4 is 47.8 Å². The molecule has 4 nitrogen and oxygen atoms in total. The summed E-state index contributed by atoms with van der Waals surface area (Å²) in [7, 11) is 0. The summed E-state index contributed by atoms with van der Waals surface area (Å²) < 4.78 is 34.5. The fourth-order valence-electron chi connectivity index (χ4n) is 0. The van der Waals surface area contributed by atoms with Crippen LogP contribution in [0.1, 0.15) is 0 Å². The van der Waals surface area contributed by atoms with Crippen LogP contribution < -0.4 is 0 Å². The van der Waals surface area contributed by atoms with Crippen LogP contribution in [-0.4, -0.2) is 47.8 Å². The normalized spacial score (nSPS) is 8.00. The molecule has 8 radical (unpaired) electrons. The van der Waals surface area contributed by atoms with Gasteiger partial charge >= 0.3 is 29.1 Å². The Balaban J connectivity index is -0.0000000800. The van der Waals surface area contributed by atoms with Crippen LogP contribution in [0.4, 0.5) is 0 Å². The smallest absolute Gasteiger partial charge is 0 e. The van der Waals surface area contributed by atoms with Gasteiger partial charge in [0.25, 0.3) is 0 Å². The monoisotopic (exact) mass is 497 g/mol. The maximum Gasteiger partial charge on any atom is 0 e. The van der Waals surface area contributed by atoms with Crippen molar-refractivity contribution in [1.29, 1.82) is 0 Å². The van der Waals surface area contributed by atoms with E-state index in [1.807, 2.05) is 0 Å². The van der Waals surface area contributed by atoms with Gasteiger partial charge in [0.1, 0.15) is 0 Å². The molecule has 0 N–H and O–H groups in total. The van der Waals surface area contributed by atoms with E-state index < -0.39 is 15.1 Å². The van der Waals surface area contributed by atoms with Gasteiger partial charge in [0.2, 0.25) is 0 Å². The Kier molecular flexibility index (Phi) is 12.6. The largest absolute Gasteiger partial charge is 0 e. The Morgan fingerprint density at radius 2 is 0.714 bits per heavy atom. The average molecular weight is 494 g/mol. The zero-order valence-electron chi connectivity index (χ0n) is 2.97. The van der Waals surface area contributed by atoms with E-state index in [0.29, 0.717) is 0 Å². The summed E-state index contributed by atoms with van der Waals surface area (Å²) in [6.07, 6.45) is 0. The average Bonchev–Trinajstić information content (AvgIpc) is 0.722. The van der Waals surface area contributed by atoms with Gasteiger partial charge in [-0.15, -0.1) is 0 Å². The molecule has 0 amide bonds. The number of rotatable bonds is 0. The minimum Gasteiger partial charge on any atom is 0 e. The quantitative estimate of drug-likeness (QED) is 0.396. The molecule has 0 saturated heterocycles. The second kappa shape index (κ2) is 5.58. The van der Waals surface area contributed by atoms with E-state index in [0.717, 1.165) is 0 Å². The van der Waals surface area contributed by atoms with E-state index in [-0.39, 0.29) is 47.8 Å². The first-order valence-corrected chi connectivity index (χ1v) is 4.46. The molecule has 0 aliphatic carbocycles. The molecule has 0 rings (SSSR count). The summed E-state index contributed by atoms with van der Waals surface area (Å²) >= 11 is -6.00. The van der Waals surface area contributed by atoms with Gasteiger partial charge in [-0.1, -0.05) is 0 Å². The first-order chi connectivity index (χ1) is 2.00. The van der Waals surface area contributed by atoms with Crippen molar-refractivity contribution in [2.75, 3.05) is 0 Å². The molecule has 0 aliphatic heterocycles. The zero-order chi connectivity index (χ0) is 4.50. The van der Waals surface area contributed by atoms with Crippen LogP contribution in [0.15, 0.2) is 0 Å². The van der Waals surface area contributed by atoms with Gasteiger partial charge in [0, 0.05) is 47.8 Å². The summed E-state index contributed by atoms with van der Waals surface area (Å²) in [4.78, 5) is 0. The molecule has 0 aromatic carbocycles. The van der Waals surface area contributed by atoms with Gasteiger partial charge in [-0.05, 0) is 0 Å². The van der Waals surface area contributed by atoms with Crippen molar-refractivity contribution in [1.82, 2.24) is 0 Å². The third kappa shape index (κ3) is 106. The fourth-order valence-corrected chi connectivity index (χ4v) is 0. The first kappa shape index (κ1) is 15.8. The van der Waals surface area contributed by atoms with E-state index in [1.54, 1.807) is 0 Å². The second-order valence-electron chi connectivity index (χ2n) is 0.333. The molecular formula is IrO4Sn2. The van der Waals surface area contributed by atoms with Crippen LogP contribution in [0.5, 0.6) is 0 Å². The molecule has 0 aromatic rings. The third-order valence-electron chi connectivity index (χ3n) is 0. The number of hydrogen-bond acceptors (Lipinski definition) is 4. The van der Waals surface area contributed by atoms with E-state index in [4.69, 9.17) is 14.0 Å². The van der Waals surface area contributed by atoms with Crippen molar-refractivity contribution in [3.63, 3.8) is 0 Å². The molecule has 0 unspecified atom stereocenters. The van der Waals surface area contributed by atoms with Gasteiger partial charge in [-0.3, -0.25) is 0 Å². The Hall–Kier alpha value is 1.45. The predicted molar refractivity (Wildman–Crippen MR) is 14.3 cm³/mol. The van der Waals surface area contributed by atoms with Crippen LogP contribution in [0.2, 0.25) is 0 Å². The van der Waals surface area contributed by atoms with Crippen LogP contribution in [0, 0.1) is 0 Å². The van der Waals surface area contributed by atoms with E-state index in [1.165, 1.54) is 0 Å². The molecule has 0 fully saturated rings. The van der Waals surface area contributed by atoms with Gasteiger partial charge in [-0.25, -0.2) is 0 Å². The van der Waals surface area contributed by atoms with Gasteiger partial charge in [0.05, 0.1) is 0 Å². The van der Waals surface area contributed by atoms with Crippen molar-refractivity contribution in [3.05, 3.63) is 0 Å². The Morgan fingerprint density at radius 1 is 0.714 bits per heavy atom. The molecule has 0 bridgehead atoms. The Morgan fingerprint density at radius 3 is 0.714 bits per heavy atom. The second-order valence-corrected chi connectivity index (χ2v) is 2.73. The molecular weight excluding hydrogens is 494 g/mol. The maximum atomic E-state index is 8.62. The minimum absolute atomic E-state index is 0. The number of hydrogen-bond donors (Lipinski definition) is 0. The van der Waals surface area contributed by atoms with E-state index in [9.17, 15) is 0 Å². The summed E-state index contributed by atoms with van der Waals surface area (Å²) in [5.74, 6) is 0. The van der Waals surface area contributed by atoms with Crippen molar-refractivity contribution in [3.8, 4) is 0 Å². The van der Waals surface area contributed by atoms with Gasteiger partial charge in [-0.2, -0.15) is 0 Å². The standard InChI is InChI=1S/Ir.4O.2Sn. The summed E-state index contributed by atoms with van der Waals surface area (Å²) in [6, 6.07) is 0. The molecule has 0 aromatic heterocycles. The maximum absolute atomic E-state index is 8.62. The molecule has 41 valence electrons. The van der Waals surface area contributed by atoms with Crippen LogP contribution in [-0.2, 0) is 29.1 Å². The van der Waals surface area contributed by atoms with Crippen molar-refractivity contribution < 1.29 is 29.1 Å². The topological polar surface area (TPSA) is 68.3 Å². The Bertz CT molecular complexity index is 161. The van der Waals surface area contributed by atoms with Crippen LogP contribution in [0.3, 0.4) is 0 Å². The molecule has 0 atom stereocenters. The zero-order valence-corrected chi connectivity index (χ0v) is 11.1. The molecule has 0 heterocycles. The summed E-state index contributed by atoms with van der Waals surface area (Å²) in [6.45, 7) is 0. The Labute approximate surface area is 76.0 Å². The summed E-state index contributed by atoms with van der Waals surface area (Å²) in [5.41, 5.74) is 0. The van der Waals surface area contributed by atoms with Crippen molar-refractivity contribution in [2.45, 2.75) is 0 Å². The molecule has 0 spiro atoms.